The van der Waals surface area contributed by atoms with Gasteiger partial charge in [0.2, 0.25) is 5.88 Å². The number of benzene rings is 2. The van der Waals surface area contributed by atoms with Crippen molar-refractivity contribution in [2.75, 3.05) is 6.54 Å². The molecule has 0 atom stereocenters. The van der Waals surface area contributed by atoms with Gasteiger partial charge < -0.3 is 15.0 Å². The molecule has 0 fully saturated rings. The van der Waals surface area contributed by atoms with E-state index in [0.717, 1.165) is 5.52 Å². The average Bonchev–Trinajstić information content (AvgIpc) is 3.03. The predicted molar refractivity (Wildman–Crippen MR) is 113 cm³/mol. The van der Waals surface area contributed by atoms with Crippen LogP contribution in [0.25, 0.3) is 10.9 Å². The number of para-hydroxylation sites is 1. The number of hydrogen-bond donors (Lipinski definition) is 2. The van der Waals surface area contributed by atoms with E-state index in [-0.39, 0.29) is 35.8 Å². The fourth-order valence-electron chi connectivity index (χ4n) is 2.96. The first-order chi connectivity index (χ1) is 14.9. The molecule has 10 heteroatoms. The number of allylic oxidation sites excluding steroid dienone is 1. The number of nitro groups is 1. The van der Waals surface area contributed by atoms with Gasteiger partial charge in [0.25, 0.3) is 17.5 Å². The van der Waals surface area contributed by atoms with Crippen LogP contribution in [0, 0.1) is 10.1 Å². The molecule has 2 N–H and O–H groups in total. The van der Waals surface area contributed by atoms with Crippen LogP contribution in [0.3, 0.4) is 0 Å². The quantitative estimate of drug-likeness (QED) is 0.246. The van der Waals surface area contributed by atoms with Crippen LogP contribution in [0.2, 0.25) is 0 Å². The molecular weight excluding hydrogens is 402 g/mol. The topological polar surface area (TPSA) is 139 Å². The van der Waals surface area contributed by atoms with Crippen LogP contribution in [0.1, 0.15) is 16.8 Å². The lowest BCUT2D eigenvalue weighted by molar-refractivity contribution is -0.384. The van der Waals surface area contributed by atoms with Gasteiger partial charge in [0.05, 0.1) is 10.4 Å². The van der Waals surface area contributed by atoms with Gasteiger partial charge in [-0.1, -0.05) is 24.3 Å². The minimum atomic E-state index is -0.580. The van der Waals surface area contributed by atoms with Gasteiger partial charge in [-0.3, -0.25) is 19.7 Å². The number of azo groups is 1. The summed E-state index contributed by atoms with van der Waals surface area (Å²) in [5.74, 6) is -1.17. The number of non-ortho nitro benzene ring substituents is 1. The van der Waals surface area contributed by atoms with E-state index in [1.54, 1.807) is 22.8 Å². The van der Waals surface area contributed by atoms with Crippen molar-refractivity contribution in [2.24, 2.45) is 10.2 Å². The Bertz CT molecular complexity index is 1180. The van der Waals surface area contributed by atoms with E-state index in [4.69, 9.17) is 0 Å². The molecule has 0 aliphatic heterocycles. The molecular formula is C21H19N5O5. The lowest BCUT2D eigenvalue weighted by Crippen LogP contribution is -2.25. The summed E-state index contributed by atoms with van der Waals surface area (Å²) < 4.78 is 1.60. The van der Waals surface area contributed by atoms with Crippen LogP contribution < -0.4 is 5.32 Å². The number of fused-ring (bicyclic) bond motifs is 1. The number of nitro benzene ring substituents is 1. The Morgan fingerprint density at radius 2 is 1.90 bits per heavy atom. The average molecular weight is 421 g/mol. The number of carbonyl (C=O) groups is 2. The molecule has 0 aliphatic carbocycles. The van der Waals surface area contributed by atoms with Crippen molar-refractivity contribution in [3.63, 3.8) is 0 Å². The Morgan fingerprint density at radius 3 is 2.58 bits per heavy atom. The highest BCUT2D eigenvalue weighted by molar-refractivity contribution is 5.96. The van der Waals surface area contributed by atoms with Crippen LogP contribution in [0.4, 0.5) is 11.4 Å². The number of amides is 2. The maximum absolute atomic E-state index is 12.1. The van der Waals surface area contributed by atoms with Gasteiger partial charge in [-0.05, 0) is 18.2 Å². The zero-order valence-corrected chi connectivity index (χ0v) is 16.4. The van der Waals surface area contributed by atoms with Crippen molar-refractivity contribution in [2.45, 2.75) is 13.0 Å². The third-order valence-corrected chi connectivity index (χ3v) is 4.46. The molecule has 0 unspecified atom stereocenters. The Morgan fingerprint density at radius 1 is 1.19 bits per heavy atom. The van der Waals surface area contributed by atoms with E-state index >= 15 is 0 Å². The fourth-order valence-corrected chi connectivity index (χ4v) is 2.96. The van der Waals surface area contributed by atoms with Gasteiger partial charge in [0, 0.05) is 42.6 Å². The lowest BCUT2D eigenvalue weighted by atomic mass is 10.2. The second-order valence-corrected chi connectivity index (χ2v) is 6.49. The van der Waals surface area contributed by atoms with Crippen LogP contribution >= 0.6 is 0 Å². The van der Waals surface area contributed by atoms with E-state index in [1.807, 2.05) is 12.1 Å². The molecule has 2 aromatic carbocycles. The zero-order valence-electron chi connectivity index (χ0n) is 16.4. The summed E-state index contributed by atoms with van der Waals surface area (Å²) >= 11 is 0. The van der Waals surface area contributed by atoms with Gasteiger partial charge in [-0.15, -0.1) is 16.8 Å². The summed E-state index contributed by atoms with van der Waals surface area (Å²) in [6, 6.07) is 12.3. The monoisotopic (exact) mass is 421 g/mol. The highest BCUT2D eigenvalue weighted by Gasteiger charge is 2.16. The molecule has 3 aromatic rings. The lowest BCUT2D eigenvalue weighted by Gasteiger charge is -2.03. The normalized spacial score (nSPS) is 11.0. The number of nitrogens with one attached hydrogen (secondary N) is 1. The molecule has 0 saturated heterocycles. The Balaban J connectivity index is 1.61. The van der Waals surface area contributed by atoms with Crippen LogP contribution in [-0.4, -0.2) is 33.0 Å². The summed E-state index contributed by atoms with van der Waals surface area (Å²) in [6.07, 6.45) is 1.53. The number of rotatable bonds is 8. The second kappa shape index (κ2) is 9.44. The van der Waals surface area contributed by atoms with E-state index in [9.17, 15) is 24.8 Å². The third kappa shape index (κ3) is 4.81. The van der Waals surface area contributed by atoms with Gasteiger partial charge >= 0.3 is 0 Å². The molecule has 31 heavy (non-hydrogen) atoms. The summed E-state index contributed by atoms with van der Waals surface area (Å²) in [6.45, 7) is 4.04. The standard InChI is InChI=1S/C21H19N5O5/c1-2-13-25-17-6-4-3-5-16(17)19(21(25)29)24-23-18(27)11-12-22-20(28)14-7-9-15(10-8-14)26(30)31/h2-10,29H,1,11-13H2,(H,22,28). The second-order valence-electron chi connectivity index (χ2n) is 6.49. The maximum atomic E-state index is 12.1. The maximum Gasteiger partial charge on any atom is 0.269 e. The molecule has 0 bridgehead atoms. The largest absolute Gasteiger partial charge is 0.493 e. The number of hydrogen-bond acceptors (Lipinski definition) is 6. The summed E-state index contributed by atoms with van der Waals surface area (Å²) in [5.41, 5.74) is 1.03. The van der Waals surface area contributed by atoms with E-state index in [2.05, 4.69) is 22.1 Å². The molecule has 1 aromatic heterocycles. The molecule has 158 valence electrons. The Labute approximate surface area is 176 Å². The van der Waals surface area contributed by atoms with Crippen molar-refractivity contribution >= 4 is 34.1 Å². The van der Waals surface area contributed by atoms with Gasteiger partial charge in [-0.2, -0.15) is 0 Å². The predicted octanol–water partition coefficient (Wildman–Crippen LogP) is 3.87. The molecule has 0 radical (unpaired) electrons. The molecule has 3 rings (SSSR count). The number of carbonyl (C=O) groups excluding carboxylic acids is 2. The molecule has 0 aliphatic rings. The first-order valence-corrected chi connectivity index (χ1v) is 9.30. The Hall–Kier alpha value is -4.34. The van der Waals surface area contributed by atoms with Gasteiger partial charge in [0.15, 0.2) is 5.69 Å². The van der Waals surface area contributed by atoms with E-state index in [1.165, 1.54) is 24.3 Å². The van der Waals surface area contributed by atoms with E-state index < -0.39 is 16.7 Å². The summed E-state index contributed by atoms with van der Waals surface area (Å²) in [5, 5.41) is 31.8. The molecule has 2 amide bonds. The SMILES string of the molecule is C=CCn1c(O)c(N=NC(=O)CCNC(=O)c2ccc([N+](=O)[O-])cc2)c2ccccc21. The molecule has 0 spiro atoms. The molecule has 1 heterocycles. The van der Waals surface area contributed by atoms with Crippen LogP contribution in [-0.2, 0) is 11.3 Å². The number of aromatic nitrogens is 1. The third-order valence-electron chi connectivity index (χ3n) is 4.46. The Kier molecular flexibility index (Phi) is 6.51. The van der Waals surface area contributed by atoms with Crippen LogP contribution in [0.15, 0.2) is 71.4 Å². The van der Waals surface area contributed by atoms with Crippen molar-refractivity contribution < 1.29 is 19.6 Å². The minimum Gasteiger partial charge on any atom is -0.493 e. The van der Waals surface area contributed by atoms with E-state index in [0.29, 0.717) is 11.9 Å². The smallest absolute Gasteiger partial charge is 0.269 e. The minimum absolute atomic E-state index is 0.0118. The highest BCUT2D eigenvalue weighted by Crippen LogP contribution is 2.38. The van der Waals surface area contributed by atoms with Crippen molar-refractivity contribution in [3.8, 4) is 5.88 Å². The van der Waals surface area contributed by atoms with Crippen molar-refractivity contribution in [3.05, 3.63) is 76.9 Å². The van der Waals surface area contributed by atoms with Gasteiger partial charge in [-0.25, -0.2) is 0 Å². The van der Waals surface area contributed by atoms with Crippen molar-refractivity contribution in [1.82, 2.24) is 9.88 Å². The summed E-state index contributed by atoms with van der Waals surface area (Å²) in [7, 11) is 0. The van der Waals surface area contributed by atoms with Gasteiger partial charge in [0.1, 0.15) is 0 Å². The highest BCUT2D eigenvalue weighted by atomic mass is 16.6. The first kappa shape index (κ1) is 21.4. The fraction of sp³-hybridized carbons (Fsp3) is 0.143. The zero-order chi connectivity index (χ0) is 22.4. The van der Waals surface area contributed by atoms with Crippen LogP contribution in [0.5, 0.6) is 5.88 Å². The molecule has 0 saturated carbocycles. The van der Waals surface area contributed by atoms with Crippen molar-refractivity contribution in [1.29, 1.82) is 0 Å². The number of aromatic hydroxyl groups is 1. The summed E-state index contributed by atoms with van der Waals surface area (Å²) in [4.78, 5) is 34.2. The number of nitrogens with zero attached hydrogens (tertiary/aromatic N) is 4. The molecule has 10 nitrogen and oxygen atoms in total. The first-order valence-electron chi connectivity index (χ1n) is 9.30.